The number of halogens is 1. The molecule has 2 aromatic heterocycles. The highest BCUT2D eigenvalue weighted by Crippen LogP contribution is 2.33. The van der Waals surface area contributed by atoms with E-state index < -0.39 is 15.7 Å². The number of rotatable bonds is 4. The Kier molecular flexibility index (Phi) is 4.63. The molecule has 32 heavy (non-hydrogen) atoms. The molecule has 0 aliphatic rings. The van der Waals surface area contributed by atoms with Gasteiger partial charge in [-0.25, -0.2) is 27.8 Å². The number of methoxy groups -OCH3 is 1. The predicted molar refractivity (Wildman–Crippen MR) is 119 cm³/mol. The monoisotopic (exact) mass is 448 g/mol. The van der Waals surface area contributed by atoms with E-state index in [4.69, 9.17) is 4.74 Å². The lowest BCUT2D eigenvalue weighted by molar-refractivity contribution is 0.412. The molecule has 0 aliphatic carbocycles. The second-order valence-corrected chi connectivity index (χ2v) is 9.19. The molecule has 0 amide bonds. The van der Waals surface area contributed by atoms with E-state index in [1.807, 2.05) is 42.5 Å². The topological polar surface area (TPSA) is 87.0 Å². The first-order valence-electron chi connectivity index (χ1n) is 9.64. The van der Waals surface area contributed by atoms with Gasteiger partial charge in [0.2, 0.25) is 15.0 Å². The van der Waals surface area contributed by atoms with Crippen LogP contribution in [0, 0.1) is 5.82 Å². The van der Waals surface area contributed by atoms with E-state index in [0.717, 1.165) is 22.6 Å². The van der Waals surface area contributed by atoms with Crippen LogP contribution in [-0.2, 0) is 9.84 Å². The Balaban J connectivity index is 1.86. The summed E-state index contributed by atoms with van der Waals surface area (Å²) < 4.78 is 45.8. The highest BCUT2D eigenvalue weighted by Gasteiger charge is 2.21. The third kappa shape index (κ3) is 3.36. The van der Waals surface area contributed by atoms with Crippen LogP contribution in [0.15, 0.2) is 72.0 Å². The van der Waals surface area contributed by atoms with E-state index in [0.29, 0.717) is 17.1 Å². The fourth-order valence-electron chi connectivity index (χ4n) is 3.62. The lowest BCUT2D eigenvalue weighted by Crippen LogP contribution is -2.08. The number of imidazole rings is 1. The average Bonchev–Trinajstić information content (AvgIpc) is 3.18. The molecule has 0 fully saturated rings. The second kappa shape index (κ2) is 7.38. The number of ether oxygens (including phenoxy) is 1. The Morgan fingerprint density at radius 2 is 1.75 bits per heavy atom. The lowest BCUT2D eigenvalue weighted by atomic mass is 10.1. The molecule has 0 radical (unpaired) electrons. The summed E-state index contributed by atoms with van der Waals surface area (Å²) in [7, 11) is -2.21. The van der Waals surface area contributed by atoms with Gasteiger partial charge in [-0.3, -0.25) is 4.57 Å². The maximum atomic E-state index is 14.9. The van der Waals surface area contributed by atoms with Gasteiger partial charge in [0.05, 0.1) is 12.6 Å². The SMILES string of the molecule is COc1cc(F)c2nc(-c3ccc4ccccc4c3)n(-c3ccnc(S(C)(=O)=O)n3)c2c1. The van der Waals surface area contributed by atoms with E-state index in [-0.39, 0.29) is 16.5 Å². The summed E-state index contributed by atoms with van der Waals surface area (Å²) in [6.07, 6.45) is 2.39. The summed E-state index contributed by atoms with van der Waals surface area (Å²) in [6, 6.07) is 18.1. The minimum absolute atomic E-state index is 0.119. The van der Waals surface area contributed by atoms with Crippen LogP contribution in [0.25, 0.3) is 39.0 Å². The number of hydrogen-bond acceptors (Lipinski definition) is 6. The summed E-state index contributed by atoms with van der Waals surface area (Å²) in [5.41, 5.74) is 1.23. The predicted octanol–water partition coefficient (Wildman–Crippen LogP) is 4.19. The highest BCUT2D eigenvalue weighted by molar-refractivity contribution is 7.90. The van der Waals surface area contributed by atoms with E-state index in [1.165, 1.54) is 19.4 Å². The van der Waals surface area contributed by atoms with Crippen LogP contribution in [0.4, 0.5) is 4.39 Å². The summed E-state index contributed by atoms with van der Waals surface area (Å²) in [5.74, 6) is 0.408. The quantitative estimate of drug-likeness (QED) is 0.383. The average molecular weight is 448 g/mol. The van der Waals surface area contributed by atoms with Crippen LogP contribution in [-0.4, -0.2) is 41.3 Å². The normalized spacial score (nSPS) is 11.8. The molecule has 2 heterocycles. The van der Waals surface area contributed by atoms with E-state index in [1.54, 1.807) is 16.7 Å². The molecule has 160 valence electrons. The van der Waals surface area contributed by atoms with Crippen LogP contribution >= 0.6 is 0 Å². The molecule has 0 atom stereocenters. The Morgan fingerprint density at radius 3 is 2.50 bits per heavy atom. The van der Waals surface area contributed by atoms with Crippen LogP contribution in [0.5, 0.6) is 5.75 Å². The molecule has 5 aromatic rings. The van der Waals surface area contributed by atoms with Crippen molar-refractivity contribution in [2.24, 2.45) is 0 Å². The molecule has 9 heteroatoms. The molecular formula is C23H17FN4O3S. The van der Waals surface area contributed by atoms with Gasteiger partial charge in [0.1, 0.15) is 22.9 Å². The van der Waals surface area contributed by atoms with Crippen molar-refractivity contribution >= 4 is 31.6 Å². The number of nitrogens with zero attached hydrogens (tertiary/aromatic N) is 4. The van der Waals surface area contributed by atoms with Crippen LogP contribution in [0.3, 0.4) is 0 Å². The summed E-state index contributed by atoms with van der Waals surface area (Å²) in [5, 5.41) is 1.71. The van der Waals surface area contributed by atoms with Crippen molar-refractivity contribution in [2.45, 2.75) is 5.16 Å². The zero-order chi connectivity index (χ0) is 22.5. The maximum absolute atomic E-state index is 14.9. The van der Waals surface area contributed by atoms with Crippen LogP contribution in [0.2, 0.25) is 0 Å². The van der Waals surface area contributed by atoms with Gasteiger partial charge in [0.25, 0.3) is 0 Å². The molecule has 0 aliphatic heterocycles. The molecule has 5 rings (SSSR count). The molecule has 7 nitrogen and oxygen atoms in total. The number of aromatic nitrogens is 4. The van der Waals surface area contributed by atoms with Gasteiger partial charge in [-0.05, 0) is 22.9 Å². The molecule has 0 saturated heterocycles. The maximum Gasteiger partial charge on any atom is 0.248 e. The zero-order valence-corrected chi connectivity index (χ0v) is 18.0. The minimum Gasteiger partial charge on any atom is -0.497 e. The van der Waals surface area contributed by atoms with Crippen molar-refractivity contribution in [2.75, 3.05) is 13.4 Å². The highest BCUT2D eigenvalue weighted by atomic mass is 32.2. The Morgan fingerprint density at radius 1 is 0.969 bits per heavy atom. The van der Waals surface area contributed by atoms with Gasteiger partial charge >= 0.3 is 0 Å². The molecular weight excluding hydrogens is 431 g/mol. The summed E-state index contributed by atoms with van der Waals surface area (Å²) in [4.78, 5) is 12.6. The number of sulfone groups is 1. The molecule has 0 N–H and O–H groups in total. The second-order valence-electron chi connectivity index (χ2n) is 7.28. The number of benzene rings is 3. The third-order valence-electron chi connectivity index (χ3n) is 5.11. The van der Waals surface area contributed by atoms with Crippen LogP contribution < -0.4 is 4.74 Å². The van der Waals surface area contributed by atoms with Crippen molar-refractivity contribution in [3.05, 3.63) is 72.7 Å². The lowest BCUT2D eigenvalue weighted by Gasteiger charge is -2.10. The van der Waals surface area contributed by atoms with E-state index in [2.05, 4.69) is 15.0 Å². The first kappa shape index (κ1) is 20.1. The first-order chi connectivity index (χ1) is 15.3. The fraction of sp³-hybridized carbons (Fsp3) is 0.0870. The summed E-state index contributed by atoms with van der Waals surface area (Å²) in [6.45, 7) is 0. The molecule has 3 aromatic carbocycles. The molecule has 0 saturated carbocycles. The van der Waals surface area contributed by atoms with Crippen molar-refractivity contribution in [1.29, 1.82) is 0 Å². The largest absolute Gasteiger partial charge is 0.497 e. The standard InChI is InChI=1S/C23H17FN4O3S/c1-31-17-12-18(24)21-19(13-17)28(20-9-10-25-23(26-20)32(2,29)30)22(27-21)16-8-7-14-5-3-4-6-15(14)11-16/h3-13H,1-2H3. The van der Waals surface area contributed by atoms with Gasteiger partial charge in [0, 0.05) is 30.1 Å². The van der Waals surface area contributed by atoms with Crippen molar-refractivity contribution in [3.63, 3.8) is 0 Å². The third-order valence-corrected chi connectivity index (χ3v) is 5.97. The zero-order valence-electron chi connectivity index (χ0n) is 17.2. The number of hydrogen-bond donors (Lipinski definition) is 0. The fourth-order valence-corrected chi connectivity index (χ4v) is 4.13. The van der Waals surface area contributed by atoms with Gasteiger partial charge in [0.15, 0.2) is 5.82 Å². The van der Waals surface area contributed by atoms with E-state index in [9.17, 15) is 12.8 Å². The van der Waals surface area contributed by atoms with Crippen molar-refractivity contribution < 1.29 is 17.5 Å². The molecule has 0 bridgehead atoms. The van der Waals surface area contributed by atoms with Crippen molar-refractivity contribution in [3.8, 4) is 23.0 Å². The Labute approximate surface area is 183 Å². The Bertz CT molecular complexity index is 1610. The molecule has 0 unspecified atom stereocenters. The first-order valence-corrected chi connectivity index (χ1v) is 11.5. The Hall–Kier alpha value is -3.85. The van der Waals surface area contributed by atoms with Gasteiger partial charge < -0.3 is 4.74 Å². The van der Waals surface area contributed by atoms with Crippen molar-refractivity contribution in [1.82, 2.24) is 19.5 Å². The minimum atomic E-state index is -3.65. The van der Waals surface area contributed by atoms with Gasteiger partial charge in [-0.15, -0.1) is 0 Å². The number of fused-ring (bicyclic) bond motifs is 2. The van der Waals surface area contributed by atoms with Gasteiger partial charge in [-0.1, -0.05) is 36.4 Å². The van der Waals surface area contributed by atoms with E-state index >= 15 is 0 Å². The summed E-state index contributed by atoms with van der Waals surface area (Å²) >= 11 is 0. The molecule has 0 spiro atoms. The smallest absolute Gasteiger partial charge is 0.248 e. The van der Waals surface area contributed by atoms with Gasteiger partial charge in [-0.2, -0.15) is 0 Å². The van der Waals surface area contributed by atoms with Crippen LogP contribution in [0.1, 0.15) is 0 Å².